The molecule has 5 heteroatoms. The first kappa shape index (κ1) is 15.2. The van der Waals surface area contributed by atoms with Gasteiger partial charge in [-0.25, -0.2) is 9.97 Å². The summed E-state index contributed by atoms with van der Waals surface area (Å²) in [4.78, 5) is 8.85. The standard InChI is InChI=1S/C18H17N3OS/c1-19-17-10-7-13(12-20-17)5-3-4-6-18-21-15-9-8-14(22-2)11-16(15)23-18/h3-12H,1-2H3,(H,19,20)/b5-3+,6-4+. The Balaban J connectivity index is 1.70. The lowest BCUT2D eigenvalue weighted by molar-refractivity contribution is 0.415. The Labute approximate surface area is 139 Å². The Morgan fingerprint density at radius 1 is 1.13 bits per heavy atom. The monoisotopic (exact) mass is 323 g/mol. The average molecular weight is 323 g/mol. The number of thiazole rings is 1. The number of fused-ring (bicyclic) bond motifs is 1. The van der Waals surface area contributed by atoms with Crippen LogP contribution in [0.1, 0.15) is 10.6 Å². The molecular weight excluding hydrogens is 306 g/mol. The second-order valence-electron chi connectivity index (χ2n) is 4.83. The lowest BCUT2D eigenvalue weighted by Gasteiger charge is -1.97. The first-order valence-electron chi connectivity index (χ1n) is 7.21. The number of hydrogen-bond acceptors (Lipinski definition) is 5. The smallest absolute Gasteiger partial charge is 0.125 e. The Kier molecular flexibility index (Phi) is 4.68. The maximum atomic E-state index is 5.23. The van der Waals surface area contributed by atoms with Crippen molar-refractivity contribution >= 4 is 39.5 Å². The summed E-state index contributed by atoms with van der Waals surface area (Å²) in [7, 11) is 3.53. The van der Waals surface area contributed by atoms with Crippen molar-refractivity contribution in [1.82, 2.24) is 9.97 Å². The second-order valence-corrected chi connectivity index (χ2v) is 5.89. The van der Waals surface area contributed by atoms with Gasteiger partial charge >= 0.3 is 0 Å². The molecule has 1 N–H and O–H groups in total. The zero-order valence-electron chi connectivity index (χ0n) is 13.0. The summed E-state index contributed by atoms with van der Waals surface area (Å²) in [5, 5.41) is 3.97. The number of benzene rings is 1. The van der Waals surface area contributed by atoms with Crippen molar-refractivity contribution in [3.05, 3.63) is 59.3 Å². The van der Waals surface area contributed by atoms with E-state index in [9.17, 15) is 0 Å². The Bertz CT molecular complexity index is 850. The summed E-state index contributed by atoms with van der Waals surface area (Å²) in [5.74, 6) is 1.72. The fourth-order valence-corrected chi connectivity index (χ4v) is 2.99. The van der Waals surface area contributed by atoms with E-state index in [1.165, 1.54) is 0 Å². The minimum atomic E-state index is 0.856. The third-order valence-electron chi connectivity index (χ3n) is 3.29. The first-order chi connectivity index (χ1) is 11.3. The summed E-state index contributed by atoms with van der Waals surface area (Å²) >= 11 is 1.65. The maximum absolute atomic E-state index is 5.23. The SMILES string of the molecule is CNc1ccc(/C=C/C=C/c2nc3ccc(OC)cc3s2)cn1. The highest BCUT2D eigenvalue weighted by Crippen LogP contribution is 2.26. The normalized spacial score (nSPS) is 11.6. The van der Waals surface area contributed by atoms with E-state index < -0.39 is 0 Å². The van der Waals surface area contributed by atoms with Crippen LogP contribution in [0.5, 0.6) is 5.75 Å². The van der Waals surface area contributed by atoms with Crippen molar-refractivity contribution in [2.24, 2.45) is 0 Å². The van der Waals surface area contributed by atoms with Gasteiger partial charge in [0.1, 0.15) is 16.6 Å². The molecule has 4 nitrogen and oxygen atoms in total. The van der Waals surface area contributed by atoms with E-state index in [0.717, 1.165) is 32.4 Å². The molecule has 0 spiro atoms. The number of methoxy groups -OCH3 is 1. The summed E-state index contributed by atoms with van der Waals surface area (Å²) in [6, 6.07) is 9.89. The first-order valence-corrected chi connectivity index (χ1v) is 8.03. The molecule has 0 aliphatic carbocycles. The van der Waals surface area contributed by atoms with Crippen LogP contribution >= 0.6 is 11.3 Å². The number of ether oxygens (including phenoxy) is 1. The number of allylic oxidation sites excluding steroid dienone is 2. The molecule has 3 aromatic rings. The van der Waals surface area contributed by atoms with E-state index in [1.54, 1.807) is 18.4 Å². The number of nitrogens with one attached hydrogen (secondary N) is 1. The number of aromatic nitrogens is 2. The van der Waals surface area contributed by atoms with Crippen LogP contribution in [0.4, 0.5) is 5.82 Å². The van der Waals surface area contributed by atoms with Gasteiger partial charge in [-0.3, -0.25) is 0 Å². The zero-order valence-corrected chi connectivity index (χ0v) is 13.8. The average Bonchev–Trinajstić information content (AvgIpc) is 3.01. The highest BCUT2D eigenvalue weighted by molar-refractivity contribution is 7.19. The van der Waals surface area contributed by atoms with E-state index in [1.807, 2.05) is 67.9 Å². The van der Waals surface area contributed by atoms with Crippen LogP contribution in [-0.4, -0.2) is 24.1 Å². The third-order valence-corrected chi connectivity index (χ3v) is 4.28. The number of nitrogens with zero attached hydrogens (tertiary/aromatic N) is 2. The van der Waals surface area contributed by atoms with Crippen LogP contribution < -0.4 is 10.1 Å². The second kappa shape index (κ2) is 7.07. The van der Waals surface area contributed by atoms with Crippen molar-refractivity contribution < 1.29 is 4.74 Å². The highest BCUT2D eigenvalue weighted by Gasteiger charge is 2.02. The minimum absolute atomic E-state index is 0.856. The molecule has 0 saturated heterocycles. The van der Waals surface area contributed by atoms with Gasteiger partial charge in [0.25, 0.3) is 0 Å². The van der Waals surface area contributed by atoms with Gasteiger partial charge in [-0.1, -0.05) is 18.2 Å². The summed E-state index contributed by atoms with van der Waals surface area (Å²) in [6.07, 6.45) is 9.83. The van der Waals surface area contributed by atoms with Crippen molar-refractivity contribution in [2.75, 3.05) is 19.5 Å². The maximum Gasteiger partial charge on any atom is 0.125 e. The Hall–Kier alpha value is -2.66. The van der Waals surface area contributed by atoms with E-state index in [-0.39, 0.29) is 0 Å². The predicted octanol–water partition coefficient (Wildman–Crippen LogP) is 4.47. The topological polar surface area (TPSA) is 47.0 Å². The number of rotatable bonds is 5. The van der Waals surface area contributed by atoms with Gasteiger partial charge in [0.05, 0.1) is 17.3 Å². The largest absolute Gasteiger partial charge is 0.497 e. The van der Waals surface area contributed by atoms with Crippen molar-refractivity contribution in [2.45, 2.75) is 0 Å². The van der Waals surface area contributed by atoms with Crippen LogP contribution in [0.3, 0.4) is 0 Å². The van der Waals surface area contributed by atoms with Crippen molar-refractivity contribution in [3.63, 3.8) is 0 Å². The molecule has 0 radical (unpaired) electrons. The van der Waals surface area contributed by atoms with Gasteiger partial charge in [-0.05, 0) is 42.0 Å². The van der Waals surface area contributed by atoms with Gasteiger partial charge in [-0.2, -0.15) is 0 Å². The van der Waals surface area contributed by atoms with Crippen molar-refractivity contribution in [3.8, 4) is 5.75 Å². The molecule has 2 aromatic heterocycles. The highest BCUT2D eigenvalue weighted by atomic mass is 32.1. The molecule has 23 heavy (non-hydrogen) atoms. The van der Waals surface area contributed by atoms with Gasteiger partial charge in [0.2, 0.25) is 0 Å². The summed E-state index contributed by atoms with van der Waals surface area (Å²) < 4.78 is 6.36. The van der Waals surface area contributed by atoms with Crippen LogP contribution in [0.25, 0.3) is 22.4 Å². The lowest BCUT2D eigenvalue weighted by Crippen LogP contribution is -1.90. The molecule has 0 aliphatic heterocycles. The van der Waals surface area contributed by atoms with E-state index in [2.05, 4.69) is 15.3 Å². The summed E-state index contributed by atoms with van der Waals surface area (Å²) in [5.41, 5.74) is 2.05. The number of anilines is 1. The van der Waals surface area contributed by atoms with Crippen LogP contribution in [0.2, 0.25) is 0 Å². The lowest BCUT2D eigenvalue weighted by atomic mass is 10.2. The van der Waals surface area contributed by atoms with E-state index in [0.29, 0.717) is 0 Å². The van der Waals surface area contributed by atoms with Gasteiger partial charge < -0.3 is 10.1 Å². The molecule has 0 fully saturated rings. The third kappa shape index (κ3) is 3.76. The minimum Gasteiger partial charge on any atom is -0.497 e. The molecule has 2 heterocycles. The molecule has 0 amide bonds. The molecule has 116 valence electrons. The van der Waals surface area contributed by atoms with Gasteiger partial charge in [0.15, 0.2) is 0 Å². The predicted molar refractivity (Wildman–Crippen MR) is 98.0 cm³/mol. The Morgan fingerprint density at radius 3 is 2.74 bits per heavy atom. The number of pyridine rings is 1. The molecule has 1 aromatic carbocycles. The van der Waals surface area contributed by atoms with E-state index >= 15 is 0 Å². The zero-order chi connectivity index (χ0) is 16.1. The molecule has 0 saturated carbocycles. The van der Waals surface area contributed by atoms with E-state index in [4.69, 9.17) is 4.74 Å². The number of hydrogen-bond donors (Lipinski definition) is 1. The van der Waals surface area contributed by atoms with Crippen LogP contribution in [0, 0.1) is 0 Å². The quantitative estimate of drug-likeness (QED) is 0.704. The molecule has 0 bridgehead atoms. The molecule has 0 aliphatic rings. The van der Waals surface area contributed by atoms with Crippen LogP contribution in [0.15, 0.2) is 48.7 Å². The fraction of sp³-hybridized carbons (Fsp3) is 0.111. The fourth-order valence-electron chi connectivity index (χ4n) is 2.08. The van der Waals surface area contributed by atoms with Crippen molar-refractivity contribution in [1.29, 1.82) is 0 Å². The molecule has 0 atom stereocenters. The van der Waals surface area contributed by atoms with Gasteiger partial charge in [-0.15, -0.1) is 11.3 Å². The molecular formula is C18H17N3OS. The molecule has 3 rings (SSSR count). The molecule has 0 unspecified atom stereocenters. The Morgan fingerprint density at radius 2 is 2.00 bits per heavy atom. The summed E-state index contributed by atoms with van der Waals surface area (Å²) in [6.45, 7) is 0. The van der Waals surface area contributed by atoms with Crippen LogP contribution in [-0.2, 0) is 0 Å². The van der Waals surface area contributed by atoms with Gasteiger partial charge in [0, 0.05) is 13.2 Å².